The Balaban J connectivity index is 1.95. The van der Waals surface area contributed by atoms with Crippen LogP contribution in [-0.2, 0) is 4.79 Å². The molecule has 2 N–H and O–H groups in total. The fourth-order valence-electron chi connectivity index (χ4n) is 2.74. The van der Waals surface area contributed by atoms with Gasteiger partial charge in [-0.25, -0.2) is 0 Å². The minimum Gasteiger partial charge on any atom is -0.368 e. The number of aliphatic hydroxyl groups is 2. The van der Waals surface area contributed by atoms with Crippen LogP contribution >= 0.6 is 0 Å². The summed E-state index contributed by atoms with van der Waals surface area (Å²) in [6.07, 6.45) is 1.92. The van der Waals surface area contributed by atoms with Crippen LogP contribution in [0.4, 0.5) is 0 Å². The number of hydrogen-bond donors (Lipinski definition) is 2. The normalized spacial score (nSPS) is 28.5. The number of rotatable bonds is 3. The molecule has 1 saturated carbocycles. The van der Waals surface area contributed by atoms with E-state index in [0.717, 1.165) is 25.8 Å². The van der Waals surface area contributed by atoms with Crippen molar-refractivity contribution in [1.29, 1.82) is 0 Å². The van der Waals surface area contributed by atoms with E-state index >= 15 is 0 Å². The van der Waals surface area contributed by atoms with Crippen LogP contribution in [0.1, 0.15) is 26.2 Å². The molecular weight excluding hydrogens is 194 g/mol. The van der Waals surface area contributed by atoms with Crippen molar-refractivity contribution in [2.24, 2.45) is 17.8 Å². The molecule has 1 amide bonds. The van der Waals surface area contributed by atoms with Crippen molar-refractivity contribution in [2.45, 2.75) is 32.5 Å². The van der Waals surface area contributed by atoms with Crippen LogP contribution in [0, 0.1) is 17.8 Å². The Kier molecular flexibility index (Phi) is 2.98. The summed E-state index contributed by atoms with van der Waals surface area (Å²) in [5, 5.41) is 18.7. The molecule has 2 rings (SSSR count). The standard InChI is InChI=1S/C11H19NO3/c1-7(13)12-5-4-9(6-12)10(11(14)15)8-2-3-8/h8-11,14-15H,2-6H2,1H3. The second kappa shape index (κ2) is 4.10. The lowest BCUT2D eigenvalue weighted by Gasteiger charge is -2.25. The van der Waals surface area contributed by atoms with Gasteiger partial charge in [-0.15, -0.1) is 0 Å². The summed E-state index contributed by atoms with van der Waals surface area (Å²) < 4.78 is 0. The van der Waals surface area contributed by atoms with Gasteiger partial charge in [0.2, 0.25) is 5.91 Å². The quantitative estimate of drug-likeness (QED) is 0.658. The fraction of sp³-hybridized carbons (Fsp3) is 0.909. The molecule has 4 heteroatoms. The zero-order valence-corrected chi connectivity index (χ0v) is 9.09. The molecule has 1 saturated heterocycles. The Bertz CT molecular complexity index is 248. The van der Waals surface area contributed by atoms with E-state index < -0.39 is 6.29 Å². The predicted octanol–water partition coefficient (Wildman–Crippen LogP) is 0.192. The Labute approximate surface area is 89.9 Å². The van der Waals surface area contributed by atoms with E-state index in [0.29, 0.717) is 12.5 Å². The van der Waals surface area contributed by atoms with Gasteiger partial charge >= 0.3 is 0 Å². The van der Waals surface area contributed by atoms with Gasteiger partial charge < -0.3 is 15.1 Å². The van der Waals surface area contributed by atoms with Crippen molar-refractivity contribution in [3.8, 4) is 0 Å². The van der Waals surface area contributed by atoms with Gasteiger partial charge in [-0.2, -0.15) is 0 Å². The number of amides is 1. The third-order valence-electron chi connectivity index (χ3n) is 3.72. The van der Waals surface area contributed by atoms with Gasteiger partial charge in [0.05, 0.1) is 0 Å². The second-order valence-electron chi connectivity index (χ2n) is 4.84. The van der Waals surface area contributed by atoms with Crippen LogP contribution in [-0.4, -0.2) is 40.4 Å². The van der Waals surface area contributed by atoms with Gasteiger partial charge in [-0.3, -0.25) is 4.79 Å². The molecule has 0 spiro atoms. The third-order valence-corrected chi connectivity index (χ3v) is 3.72. The highest BCUT2D eigenvalue weighted by atomic mass is 16.5. The van der Waals surface area contributed by atoms with Gasteiger partial charge in [-0.1, -0.05) is 0 Å². The van der Waals surface area contributed by atoms with Crippen molar-refractivity contribution >= 4 is 5.91 Å². The topological polar surface area (TPSA) is 60.8 Å². The van der Waals surface area contributed by atoms with E-state index in [1.165, 1.54) is 0 Å². The van der Waals surface area contributed by atoms with E-state index in [1.807, 2.05) is 4.90 Å². The highest BCUT2D eigenvalue weighted by Gasteiger charge is 2.43. The first kappa shape index (κ1) is 10.9. The Morgan fingerprint density at radius 2 is 1.93 bits per heavy atom. The molecule has 15 heavy (non-hydrogen) atoms. The smallest absolute Gasteiger partial charge is 0.219 e. The minimum absolute atomic E-state index is 0.0191. The van der Waals surface area contributed by atoms with Gasteiger partial charge in [0.15, 0.2) is 6.29 Å². The van der Waals surface area contributed by atoms with Gasteiger partial charge in [0, 0.05) is 25.9 Å². The molecule has 0 aromatic rings. The van der Waals surface area contributed by atoms with Crippen molar-refractivity contribution in [3.05, 3.63) is 0 Å². The maximum atomic E-state index is 11.2. The Morgan fingerprint density at radius 3 is 2.33 bits per heavy atom. The maximum absolute atomic E-state index is 11.2. The van der Waals surface area contributed by atoms with E-state index in [2.05, 4.69) is 0 Å². The van der Waals surface area contributed by atoms with E-state index in [1.54, 1.807) is 6.92 Å². The lowest BCUT2D eigenvalue weighted by atomic mass is 9.87. The van der Waals surface area contributed by atoms with E-state index in [9.17, 15) is 15.0 Å². The fourth-order valence-corrected chi connectivity index (χ4v) is 2.74. The van der Waals surface area contributed by atoms with E-state index in [4.69, 9.17) is 0 Å². The number of aliphatic hydroxyl groups excluding tert-OH is 1. The number of likely N-dealkylation sites (tertiary alicyclic amines) is 1. The predicted molar refractivity (Wildman–Crippen MR) is 54.8 cm³/mol. The molecule has 1 aliphatic carbocycles. The molecule has 0 aromatic heterocycles. The molecule has 0 bridgehead atoms. The zero-order valence-electron chi connectivity index (χ0n) is 9.09. The highest BCUT2D eigenvalue weighted by molar-refractivity contribution is 5.73. The van der Waals surface area contributed by atoms with Crippen molar-refractivity contribution in [2.75, 3.05) is 13.1 Å². The minimum atomic E-state index is -1.21. The lowest BCUT2D eigenvalue weighted by Crippen LogP contribution is -2.33. The largest absolute Gasteiger partial charge is 0.368 e. The van der Waals surface area contributed by atoms with Crippen LogP contribution in [0.3, 0.4) is 0 Å². The summed E-state index contributed by atoms with van der Waals surface area (Å²) >= 11 is 0. The first-order valence-corrected chi connectivity index (χ1v) is 5.71. The molecule has 2 atom stereocenters. The highest BCUT2D eigenvalue weighted by Crippen LogP contribution is 2.44. The van der Waals surface area contributed by atoms with Crippen LogP contribution < -0.4 is 0 Å². The molecule has 0 radical (unpaired) electrons. The summed E-state index contributed by atoms with van der Waals surface area (Å²) in [6.45, 7) is 3.05. The third kappa shape index (κ3) is 2.32. The molecule has 2 aliphatic rings. The van der Waals surface area contributed by atoms with Gasteiger partial charge in [0.25, 0.3) is 0 Å². The van der Waals surface area contributed by atoms with Crippen molar-refractivity contribution in [3.63, 3.8) is 0 Å². The summed E-state index contributed by atoms with van der Waals surface area (Å²) in [5.74, 6) is 0.831. The van der Waals surface area contributed by atoms with E-state index in [-0.39, 0.29) is 17.7 Å². The van der Waals surface area contributed by atoms with Gasteiger partial charge in [0.1, 0.15) is 0 Å². The first-order chi connectivity index (χ1) is 7.09. The summed E-state index contributed by atoms with van der Waals surface area (Å²) in [6, 6.07) is 0. The second-order valence-corrected chi connectivity index (χ2v) is 4.84. The Morgan fingerprint density at radius 1 is 1.27 bits per heavy atom. The number of nitrogens with zero attached hydrogens (tertiary/aromatic N) is 1. The monoisotopic (exact) mass is 213 g/mol. The molecule has 1 aliphatic heterocycles. The molecular formula is C11H19NO3. The summed E-state index contributed by atoms with van der Waals surface area (Å²) in [5.41, 5.74) is 0. The molecule has 1 heterocycles. The van der Waals surface area contributed by atoms with Crippen LogP contribution in [0.2, 0.25) is 0 Å². The van der Waals surface area contributed by atoms with Crippen molar-refractivity contribution < 1.29 is 15.0 Å². The first-order valence-electron chi connectivity index (χ1n) is 5.71. The maximum Gasteiger partial charge on any atom is 0.219 e. The SMILES string of the molecule is CC(=O)N1CCC(C(C(O)O)C2CC2)C1. The zero-order chi connectivity index (χ0) is 11.0. The number of carbonyl (C=O) groups is 1. The Hall–Kier alpha value is -0.610. The number of hydrogen-bond acceptors (Lipinski definition) is 3. The molecule has 2 fully saturated rings. The van der Waals surface area contributed by atoms with Gasteiger partial charge in [-0.05, 0) is 31.1 Å². The average Bonchev–Trinajstić information content (AvgIpc) is 2.81. The van der Waals surface area contributed by atoms with Crippen LogP contribution in [0.15, 0.2) is 0 Å². The molecule has 86 valence electrons. The summed E-state index contributed by atoms with van der Waals surface area (Å²) in [4.78, 5) is 13.0. The lowest BCUT2D eigenvalue weighted by molar-refractivity contribution is -0.129. The average molecular weight is 213 g/mol. The van der Waals surface area contributed by atoms with Crippen molar-refractivity contribution in [1.82, 2.24) is 4.90 Å². The molecule has 2 unspecified atom stereocenters. The number of carbonyl (C=O) groups excluding carboxylic acids is 1. The summed E-state index contributed by atoms with van der Waals surface area (Å²) in [7, 11) is 0. The van der Waals surface area contributed by atoms with Crippen LogP contribution in [0.5, 0.6) is 0 Å². The molecule has 4 nitrogen and oxygen atoms in total. The van der Waals surface area contributed by atoms with Crippen LogP contribution in [0.25, 0.3) is 0 Å². The molecule has 0 aromatic carbocycles.